The summed E-state index contributed by atoms with van der Waals surface area (Å²) in [4.78, 5) is 27.2. The van der Waals surface area contributed by atoms with Crippen LogP contribution in [-0.2, 0) is 4.57 Å². The summed E-state index contributed by atoms with van der Waals surface area (Å²) in [6, 6.07) is 11.6. The van der Waals surface area contributed by atoms with E-state index in [1.54, 1.807) is 36.4 Å². The Bertz CT molecular complexity index is 1310. The van der Waals surface area contributed by atoms with Gasteiger partial charge in [0.2, 0.25) is 11.3 Å². The van der Waals surface area contributed by atoms with Crippen molar-refractivity contribution in [1.29, 1.82) is 0 Å². The van der Waals surface area contributed by atoms with Crippen molar-refractivity contribution in [2.24, 2.45) is 0 Å². The second-order valence-corrected chi connectivity index (χ2v) is 9.44. The largest absolute Gasteiger partial charge is 0.496 e. The molecule has 0 amide bonds. The zero-order chi connectivity index (χ0) is 25.2. The number of methoxy groups -OCH3 is 3. The lowest BCUT2D eigenvalue weighted by atomic mass is 9.95. The Hall–Kier alpha value is -3.50. The van der Waals surface area contributed by atoms with Gasteiger partial charge < -0.3 is 14.2 Å². The zero-order valence-corrected chi connectivity index (χ0v) is 21.3. The summed E-state index contributed by atoms with van der Waals surface area (Å²) in [6.07, 6.45) is 0. The highest BCUT2D eigenvalue weighted by atomic mass is 31.1. The fraction of sp³-hybridized carbons (Fsp3) is 0.259. The van der Waals surface area contributed by atoms with E-state index in [4.69, 9.17) is 14.2 Å². The van der Waals surface area contributed by atoms with Crippen molar-refractivity contribution in [2.45, 2.75) is 27.7 Å². The Labute approximate surface area is 200 Å². The Morgan fingerprint density at radius 2 is 1.35 bits per heavy atom. The second kappa shape index (κ2) is 10.2. The molecule has 0 aliphatic rings. The van der Waals surface area contributed by atoms with Crippen LogP contribution >= 0.6 is 7.80 Å². The fourth-order valence-corrected chi connectivity index (χ4v) is 5.48. The lowest BCUT2D eigenvalue weighted by Crippen LogP contribution is -2.18. The van der Waals surface area contributed by atoms with Crippen LogP contribution in [0.2, 0.25) is 0 Å². The molecule has 0 aliphatic carbocycles. The molecule has 0 bridgehead atoms. The zero-order valence-electron chi connectivity index (χ0n) is 20.4. The number of ketones is 1. The van der Waals surface area contributed by atoms with E-state index in [-0.39, 0.29) is 27.9 Å². The molecule has 0 spiro atoms. The molecule has 3 aromatic rings. The number of carbonyl (C=O) groups excluding carboxylic acids is 2. The van der Waals surface area contributed by atoms with Crippen LogP contribution in [0.4, 0.5) is 0 Å². The van der Waals surface area contributed by atoms with E-state index in [9.17, 15) is 14.2 Å². The van der Waals surface area contributed by atoms with Crippen molar-refractivity contribution in [2.75, 3.05) is 21.3 Å². The SMILES string of the molecule is COc1ccc(OC)c(C(=O)c2ccccc2[P](=O)C(=O)c2c(C)cc(C)c(C)c2C)c1OC. The van der Waals surface area contributed by atoms with E-state index < -0.39 is 19.1 Å². The van der Waals surface area contributed by atoms with E-state index in [2.05, 4.69) is 0 Å². The molecule has 0 aromatic heterocycles. The van der Waals surface area contributed by atoms with Gasteiger partial charge in [0.1, 0.15) is 11.3 Å². The van der Waals surface area contributed by atoms with Crippen LogP contribution in [0.5, 0.6) is 17.2 Å². The van der Waals surface area contributed by atoms with E-state index in [0.717, 1.165) is 22.3 Å². The monoisotopic (exact) mass is 479 g/mol. The summed E-state index contributed by atoms with van der Waals surface area (Å²) in [5.74, 6) is 0.350. The molecule has 0 saturated carbocycles. The molecule has 3 aromatic carbocycles. The Morgan fingerprint density at radius 3 is 1.97 bits per heavy atom. The van der Waals surface area contributed by atoms with E-state index >= 15 is 0 Å². The van der Waals surface area contributed by atoms with Gasteiger partial charge in [-0.25, -0.2) is 0 Å². The van der Waals surface area contributed by atoms with Gasteiger partial charge in [-0.3, -0.25) is 14.2 Å². The number of benzene rings is 3. The summed E-state index contributed by atoms with van der Waals surface area (Å²) < 4.78 is 29.8. The summed E-state index contributed by atoms with van der Waals surface area (Å²) in [6.45, 7) is 7.60. The minimum atomic E-state index is -2.57. The van der Waals surface area contributed by atoms with Gasteiger partial charge in [0.15, 0.2) is 19.3 Å². The first-order valence-electron chi connectivity index (χ1n) is 10.7. The standard InChI is InChI=1S/C27H28O6P/c1-15-14-16(2)23(18(4)17(15)3)27(29)34(30)22-11-9-8-10-19(22)25(28)24-20(31-5)12-13-21(32-6)26(24)33-7/h8-14H,1-7H3. The highest BCUT2D eigenvalue weighted by molar-refractivity contribution is 7.71. The molecule has 0 fully saturated rings. The van der Waals surface area contributed by atoms with Gasteiger partial charge in [-0.1, -0.05) is 18.2 Å². The Kier molecular flexibility index (Phi) is 7.53. The number of carbonyl (C=O) groups is 2. The molecule has 1 radical (unpaired) electrons. The van der Waals surface area contributed by atoms with Crippen LogP contribution in [0.15, 0.2) is 42.5 Å². The number of hydrogen-bond donors (Lipinski definition) is 0. The molecule has 6 nitrogen and oxygen atoms in total. The molecule has 0 aliphatic heterocycles. The van der Waals surface area contributed by atoms with Crippen LogP contribution < -0.4 is 19.5 Å². The van der Waals surface area contributed by atoms with Crippen LogP contribution in [0, 0.1) is 27.7 Å². The predicted octanol–water partition coefficient (Wildman–Crippen LogP) is 5.47. The molecule has 3 rings (SSSR count). The highest BCUT2D eigenvalue weighted by Crippen LogP contribution is 2.40. The van der Waals surface area contributed by atoms with Gasteiger partial charge in [-0.05, 0) is 74.2 Å². The molecule has 1 unspecified atom stereocenters. The van der Waals surface area contributed by atoms with Gasteiger partial charge in [0.05, 0.1) is 26.6 Å². The van der Waals surface area contributed by atoms with Crippen LogP contribution in [-0.4, -0.2) is 32.6 Å². The molecule has 34 heavy (non-hydrogen) atoms. The van der Waals surface area contributed by atoms with Gasteiger partial charge in [0, 0.05) is 11.1 Å². The number of hydrogen-bond acceptors (Lipinski definition) is 6. The number of rotatable bonds is 8. The van der Waals surface area contributed by atoms with E-state index in [1.165, 1.54) is 21.3 Å². The average molecular weight is 479 g/mol. The topological polar surface area (TPSA) is 78.9 Å². The van der Waals surface area contributed by atoms with Crippen molar-refractivity contribution in [1.82, 2.24) is 0 Å². The molecule has 1 atom stereocenters. The first-order valence-corrected chi connectivity index (χ1v) is 12.0. The predicted molar refractivity (Wildman–Crippen MR) is 133 cm³/mol. The number of ether oxygens (including phenoxy) is 3. The first-order chi connectivity index (χ1) is 16.2. The van der Waals surface area contributed by atoms with E-state index in [1.807, 2.05) is 33.8 Å². The smallest absolute Gasteiger partial charge is 0.247 e. The van der Waals surface area contributed by atoms with Crippen LogP contribution in [0.3, 0.4) is 0 Å². The molecule has 177 valence electrons. The lowest BCUT2D eigenvalue weighted by molar-refractivity contribution is 0.103. The minimum Gasteiger partial charge on any atom is -0.496 e. The summed E-state index contributed by atoms with van der Waals surface area (Å²) >= 11 is 0. The highest BCUT2D eigenvalue weighted by Gasteiger charge is 2.30. The molecular weight excluding hydrogens is 451 g/mol. The van der Waals surface area contributed by atoms with Crippen molar-refractivity contribution in [3.63, 3.8) is 0 Å². The van der Waals surface area contributed by atoms with E-state index in [0.29, 0.717) is 11.3 Å². The third kappa shape index (κ3) is 4.34. The van der Waals surface area contributed by atoms with Crippen molar-refractivity contribution in [3.8, 4) is 17.2 Å². The molecule has 7 heteroatoms. The number of aryl methyl sites for hydroxylation is 2. The molecular formula is C27H28O6P. The Balaban J connectivity index is 2.16. The lowest BCUT2D eigenvalue weighted by Gasteiger charge is -2.17. The van der Waals surface area contributed by atoms with Crippen molar-refractivity contribution in [3.05, 3.63) is 81.4 Å². The first kappa shape index (κ1) is 25.1. The summed E-state index contributed by atoms with van der Waals surface area (Å²) in [7, 11) is 1.77. The quantitative estimate of drug-likeness (QED) is 0.315. The fourth-order valence-electron chi connectivity index (χ4n) is 4.10. The second-order valence-electron chi connectivity index (χ2n) is 7.96. The third-order valence-electron chi connectivity index (χ3n) is 6.08. The van der Waals surface area contributed by atoms with Gasteiger partial charge >= 0.3 is 0 Å². The van der Waals surface area contributed by atoms with Crippen molar-refractivity contribution >= 4 is 24.4 Å². The van der Waals surface area contributed by atoms with Gasteiger partial charge in [-0.15, -0.1) is 0 Å². The maximum absolute atomic E-state index is 13.7. The van der Waals surface area contributed by atoms with Crippen LogP contribution in [0.25, 0.3) is 0 Å². The third-order valence-corrected chi connectivity index (χ3v) is 7.50. The minimum absolute atomic E-state index is 0.131. The maximum Gasteiger partial charge on any atom is 0.247 e. The molecule has 0 N–H and O–H groups in total. The normalized spacial score (nSPS) is 11.1. The van der Waals surface area contributed by atoms with Crippen LogP contribution in [0.1, 0.15) is 48.5 Å². The van der Waals surface area contributed by atoms with Gasteiger partial charge in [0.25, 0.3) is 0 Å². The average Bonchev–Trinajstić information content (AvgIpc) is 2.85. The van der Waals surface area contributed by atoms with Gasteiger partial charge in [-0.2, -0.15) is 0 Å². The summed E-state index contributed by atoms with van der Waals surface area (Å²) in [5.41, 5.74) is 3.80. The molecule has 0 saturated heterocycles. The Morgan fingerprint density at radius 1 is 0.735 bits per heavy atom. The van der Waals surface area contributed by atoms with Crippen molar-refractivity contribution < 1.29 is 28.4 Å². The maximum atomic E-state index is 13.7. The molecule has 0 heterocycles. The summed E-state index contributed by atoms with van der Waals surface area (Å²) in [5, 5.41) is 0.163.